The number of rotatable bonds is 4. The van der Waals surface area contributed by atoms with E-state index in [0.29, 0.717) is 26.2 Å². The molecule has 0 aliphatic rings. The molecule has 1 unspecified atom stereocenters. The fourth-order valence-electron chi connectivity index (χ4n) is 3.54. The van der Waals surface area contributed by atoms with Gasteiger partial charge in [0, 0.05) is 68.5 Å². The molecule has 4 rings (SSSR count). The summed E-state index contributed by atoms with van der Waals surface area (Å²) in [6.07, 6.45) is 4.36. The Bertz CT molecular complexity index is 1170. The fraction of sp³-hybridized carbons (Fsp3) is 0.0870. The van der Waals surface area contributed by atoms with Crippen LogP contribution in [0, 0.1) is 0 Å². The van der Waals surface area contributed by atoms with Gasteiger partial charge in [0.25, 0.3) is 0 Å². The van der Waals surface area contributed by atoms with Gasteiger partial charge in [0.2, 0.25) is 0 Å². The predicted molar refractivity (Wildman–Crippen MR) is 120 cm³/mol. The van der Waals surface area contributed by atoms with Gasteiger partial charge in [0.05, 0.1) is 5.69 Å². The highest BCUT2D eigenvalue weighted by atomic mass is 35.5. The van der Waals surface area contributed by atoms with E-state index in [4.69, 9.17) is 34.8 Å². The number of aryl methyl sites for hydroxylation is 1. The van der Waals surface area contributed by atoms with Crippen molar-refractivity contribution in [1.82, 2.24) is 9.55 Å². The molecule has 2 aromatic carbocycles. The Hall–Kier alpha value is -2.30. The summed E-state index contributed by atoms with van der Waals surface area (Å²) in [5, 5.41) is 13.0. The van der Waals surface area contributed by atoms with E-state index in [2.05, 4.69) is 4.98 Å². The van der Waals surface area contributed by atoms with Crippen molar-refractivity contribution in [2.24, 2.45) is 7.05 Å². The van der Waals surface area contributed by atoms with Gasteiger partial charge in [-0.1, -0.05) is 65.1 Å². The third kappa shape index (κ3) is 3.79. The third-order valence-electron chi connectivity index (χ3n) is 4.84. The number of aromatic nitrogens is 2. The molecular formula is C23H17Cl3N2O. The zero-order chi connectivity index (χ0) is 20.5. The molecule has 0 amide bonds. The maximum absolute atomic E-state index is 11.4. The Morgan fingerprint density at radius 3 is 2.38 bits per heavy atom. The number of aliphatic hydroxyl groups excluding tert-OH is 1. The standard InChI is InChI=1S/C23H17Cl3N2O/c1-28-13-18(16-9-8-15(24)11-20(16)26)21(23(29)14-5-4-10-27-12-14)22(28)17-6-2-3-7-19(17)25/h2-13,23,29H,1H3. The molecule has 146 valence electrons. The van der Waals surface area contributed by atoms with Gasteiger partial charge in [-0.2, -0.15) is 0 Å². The van der Waals surface area contributed by atoms with Gasteiger partial charge < -0.3 is 9.67 Å². The Balaban J connectivity index is 2.02. The highest BCUT2D eigenvalue weighted by molar-refractivity contribution is 6.36. The molecule has 3 nitrogen and oxygen atoms in total. The Labute approximate surface area is 184 Å². The molecule has 6 heteroatoms. The number of halogens is 3. The third-order valence-corrected chi connectivity index (χ3v) is 5.72. The van der Waals surface area contributed by atoms with Crippen molar-refractivity contribution in [2.75, 3.05) is 0 Å². The minimum atomic E-state index is -0.919. The van der Waals surface area contributed by atoms with Gasteiger partial charge >= 0.3 is 0 Å². The van der Waals surface area contributed by atoms with Crippen molar-refractivity contribution >= 4 is 34.8 Å². The van der Waals surface area contributed by atoms with Crippen LogP contribution in [0.25, 0.3) is 22.4 Å². The summed E-state index contributed by atoms with van der Waals surface area (Å²) in [7, 11) is 1.92. The Kier molecular flexibility index (Phi) is 5.66. The molecular weight excluding hydrogens is 427 g/mol. The van der Waals surface area contributed by atoms with E-state index in [1.54, 1.807) is 30.6 Å². The van der Waals surface area contributed by atoms with Crippen molar-refractivity contribution in [3.05, 3.63) is 99.4 Å². The molecule has 0 radical (unpaired) electrons. The molecule has 0 aliphatic heterocycles. The van der Waals surface area contributed by atoms with Crippen LogP contribution in [0.4, 0.5) is 0 Å². The number of nitrogens with zero attached hydrogens (tertiary/aromatic N) is 2. The van der Waals surface area contributed by atoms with Crippen LogP contribution < -0.4 is 0 Å². The lowest BCUT2D eigenvalue weighted by Crippen LogP contribution is -2.04. The van der Waals surface area contributed by atoms with Crippen molar-refractivity contribution in [3.63, 3.8) is 0 Å². The second kappa shape index (κ2) is 8.21. The minimum Gasteiger partial charge on any atom is -0.383 e. The highest BCUT2D eigenvalue weighted by Crippen LogP contribution is 2.44. The topological polar surface area (TPSA) is 38.0 Å². The lowest BCUT2D eigenvalue weighted by atomic mass is 9.93. The average molecular weight is 444 g/mol. The molecule has 4 aromatic rings. The number of hydrogen-bond donors (Lipinski definition) is 1. The monoisotopic (exact) mass is 442 g/mol. The van der Waals surface area contributed by atoms with Crippen LogP contribution >= 0.6 is 34.8 Å². The predicted octanol–water partition coefficient (Wildman–Crippen LogP) is 6.80. The van der Waals surface area contributed by atoms with E-state index < -0.39 is 6.10 Å². The number of benzene rings is 2. The van der Waals surface area contributed by atoms with Gasteiger partial charge in [-0.25, -0.2) is 0 Å². The van der Waals surface area contributed by atoms with E-state index in [1.807, 2.05) is 54.2 Å². The summed E-state index contributed by atoms with van der Waals surface area (Å²) in [5.41, 5.74) is 4.61. The molecule has 0 saturated carbocycles. The summed E-state index contributed by atoms with van der Waals surface area (Å²) < 4.78 is 1.95. The molecule has 0 fully saturated rings. The minimum absolute atomic E-state index is 0.508. The van der Waals surface area contributed by atoms with E-state index in [0.717, 1.165) is 22.4 Å². The summed E-state index contributed by atoms with van der Waals surface area (Å²) in [4.78, 5) is 4.15. The molecule has 29 heavy (non-hydrogen) atoms. The fourth-order valence-corrected chi connectivity index (χ4v) is 4.27. The molecule has 0 saturated heterocycles. The lowest BCUT2D eigenvalue weighted by Gasteiger charge is -2.17. The normalized spacial score (nSPS) is 12.2. The smallest absolute Gasteiger partial charge is 0.108 e. The molecule has 0 spiro atoms. The van der Waals surface area contributed by atoms with Crippen LogP contribution in [-0.2, 0) is 7.05 Å². The second-order valence-electron chi connectivity index (χ2n) is 6.71. The first-order chi connectivity index (χ1) is 14.0. The zero-order valence-electron chi connectivity index (χ0n) is 15.5. The second-order valence-corrected chi connectivity index (χ2v) is 7.96. The quantitative estimate of drug-likeness (QED) is 0.377. The van der Waals surface area contributed by atoms with Crippen LogP contribution in [0.15, 0.2) is 73.2 Å². The van der Waals surface area contributed by atoms with Gasteiger partial charge in [-0.3, -0.25) is 4.98 Å². The van der Waals surface area contributed by atoms with Crippen LogP contribution in [0.2, 0.25) is 15.1 Å². The van der Waals surface area contributed by atoms with Crippen LogP contribution in [-0.4, -0.2) is 14.7 Å². The van der Waals surface area contributed by atoms with E-state index in [-0.39, 0.29) is 0 Å². The molecule has 0 aliphatic carbocycles. The first-order valence-corrected chi connectivity index (χ1v) is 10.1. The van der Waals surface area contributed by atoms with Gasteiger partial charge in [-0.15, -0.1) is 0 Å². The Morgan fingerprint density at radius 1 is 0.897 bits per heavy atom. The zero-order valence-corrected chi connectivity index (χ0v) is 17.7. The van der Waals surface area contributed by atoms with Crippen LogP contribution in [0.5, 0.6) is 0 Å². The first-order valence-electron chi connectivity index (χ1n) is 8.95. The lowest BCUT2D eigenvalue weighted by molar-refractivity contribution is 0.221. The van der Waals surface area contributed by atoms with Crippen molar-refractivity contribution < 1.29 is 5.11 Å². The first kappa shape index (κ1) is 20.0. The van der Waals surface area contributed by atoms with Crippen molar-refractivity contribution in [2.45, 2.75) is 6.10 Å². The number of aliphatic hydroxyl groups is 1. The Morgan fingerprint density at radius 2 is 1.69 bits per heavy atom. The average Bonchev–Trinajstić information content (AvgIpc) is 3.05. The van der Waals surface area contributed by atoms with E-state index in [9.17, 15) is 5.11 Å². The van der Waals surface area contributed by atoms with Gasteiger partial charge in [0.1, 0.15) is 6.10 Å². The number of hydrogen-bond acceptors (Lipinski definition) is 2. The van der Waals surface area contributed by atoms with Crippen molar-refractivity contribution in [1.29, 1.82) is 0 Å². The molecule has 0 bridgehead atoms. The van der Waals surface area contributed by atoms with Crippen LogP contribution in [0.1, 0.15) is 17.2 Å². The van der Waals surface area contributed by atoms with E-state index in [1.165, 1.54) is 0 Å². The maximum atomic E-state index is 11.4. The largest absolute Gasteiger partial charge is 0.383 e. The van der Waals surface area contributed by atoms with Gasteiger partial charge in [0.15, 0.2) is 0 Å². The highest BCUT2D eigenvalue weighted by Gasteiger charge is 2.26. The maximum Gasteiger partial charge on any atom is 0.108 e. The summed E-state index contributed by atoms with van der Waals surface area (Å²) in [6.45, 7) is 0. The van der Waals surface area contributed by atoms with Crippen molar-refractivity contribution in [3.8, 4) is 22.4 Å². The SMILES string of the molecule is Cn1cc(-c2ccc(Cl)cc2Cl)c(C(O)c2cccnc2)c1-c1ccccc1Cl. The number of pyridine rings is 1. The molecule has 1 N–H and O–H groups in total. The molecule has 2 aromatic heterocycles. The summed E-state index contributed by atoms with van der Waals surface area (Å²) in [5.74, 6) is 0. The molecule has 1 atom stereocenters. The summed E-state index contributed by atoms with van der Waals surface area (Å²) in [6, 6.07) is 16.5. The molecule has 2 heterocycles. The summed E-state index contributed by atoms with van der Waals surface area (Å²) >= 11 is 19.1. The van der Waals surface area contributed by atoms with Gasteiger partial charge in [-0.05, 0) is 24.3 Å². The van der Waals surface area contributed by atoms with Crippen LogP contribution in [0.3, 0.4) is 0 Å². The van der Waals surface area contributed by atoms with E-state index >= 15 is 0 Å².